The van der Waals surface area contributed by atoms with Crippen molar-refractivity contribution in [1.82, 2.24) is 10.2 Å². The van der Waals surface area contributed by atoms with Crippen molar-refractivity contribution in [2.75, 3.05) is 40.0 Å². The van der Waals surface area contributed by atoms with Crippen LogP contribution in [-0.2, 0) is 16.0 Å². The molecule has 3 rings (SSSR count). The van der Waals surface area contributed by atoms with Crippen LogP contribution >= 0.6 is 0 Å². The van der Waals surface area contributed by atoms with E-state index in [1.165, 1.54) is 0 Å². The van der Waals surface area contributed by atoms with Crippen LogP contribution in [0.5, 0.6) is 5.75 Å². The van der Waals surface area contributed by atoms with Gasteiger partial charge in [-0.2, -0.15) is 0 Å². The van der Waals surface area contributed by atoms with Gasteiger partial charge in [-0.1, -0.05) is 12.1 Å². The van der Waals surface area contributed by atoms with Gasteiger partial charge in [-0.25, -0.2) is 0 Å². The summed E-state index contributed by atoms with van der Waals surface area (Å²) in [6.07, 6.45) is 0.324. The van der Waals surface area contributed by atoms with Crippen molar-refractivity contribution in [2.45, 2.75) is 19.4 Å². The largest absolute Gasteiger partial charge is 0.497 e. The van der Waals surface area contributed by atoms with Gasteiger partial charge in [0.25, 0.3) is 0 Å². The number of nitrogens with zero attached hydrogens (tertiary/aromatic N) is 1. The van der Waals surface area contributed by atoms with Gasteiger partial charge in [-0.05, 0) is 36.8 Å². The monoisotopic (exact) mass is 358 g/mol. The van der Waals surface area contributed by atoms with E-state index in [-0.39, 0.29) is 11.9 Å². The van der Waals surface area contributed by atoms with Gasteiger partial charge in [0.1, 0.15) is 17.3 Å². The number of carbonyl (C=O) groups excluding carboxylic acids is 1. The minimum Gasteiger partial charge on any atom is -0.497 e. The van der Waals surface area contributed by atoms with Crippen molar-refractivity contribution in [2.24, 2.45) is 0 Å². The van der Waals surface area contributed by atoms with Crippen LogP contribution in [0.4, 0.5) is 0 Å². The highest BCUT2D eigenvalue weighted by atomic mass is 16.5. The zero-order valence-electron chi connectivity index (χ0n) is 15.4. The van der Waals surface area contributed by atoms with Crippen molar-refractivity contribution in [3.8, 4) is 5.75 Å². The smallest absolute Gasteiger partial charge is 0.224 e. The van der Waals surface area contributed by atoms with Gasteiger partial charge in [0.15, 0.2) is 0 Å². The number of aryl methyl sites for hydroxylation is 1. The third-order valence-electron chi connectivity index (χ3n) is 4.57. The number of morpholine rings is 1. The van der Waals surface area contributed by atoms with Gasteiger partial charge in [0.05, 0.1) is 32.8 Å². The van der Waals surface area contributed by atoms with Crippen molar-refractivity contribution < 1.29 is 18.7 Å². The van der Waals surface area contributed by atoms with E-state index in [1.807, 2.05) is 43.3 Å². The van der Waals surface area contributed by atoms with Gasteiger partial charge < -0.3 is 19.2 Å². The van der Waals surface area contributed by atoms with Crippen LogP contribution in [-0.4, -0.2) is 50.8 Å². The van der Waals surface area contributed by atoms with Crippen LogP contribution in [0.25, 0.3) is 0 Å². The summed E-state index contributed by atoms with van der Waals surface area (Å²) in [5.74, 6) is 2.50. The molecule has 0 saturated carbocycles. The Morgan fingerprint density at radius 2 is 2.08 bits per heavy atom. The number of methoxy groups -OCH3 is 1. The van der Waals surface area contributed by atoms with E-state index in [0.29, 0.717) is 26.2 Å². The molecule has 0 unspecified atom stereocenters. The van der Waals surface area contributed by atoms with E-state index in [4.69, 9.17) is 13.9 Å². The minimum atomic E-state index is -0.0141. The molecule has 6 nitrogen and oxygen atoms in total. The molecule has 1 N–H and O–H groups in total. The molecule has 2 heterocycles. The van der Waals surface area contributed by atoms with Gasteiger partial charge in [-0.3, -0.25) is 9.69 Å². The molecule has 1 aromatic heterocycles. The molecule has 1 aliphatic heterocycles. The normalized spacial score (nSPS) is 16.2. The Morgan fingerprint density at radius 1 is 1.27 bits per heavy atom. The number of nitrogens with one attached hydrogen (secondary N) is 1. The lowest BCUT2D eigenvalue weighted by atomic mass is 10.1. The predicted molar refractivity (Wildman–Crippen MR) is 98.3 cm³/mol. The van der Waals surface area contributed by atoms with Crippen molar-refractivity contribution >= 4 is 5.91 Å². The summed E-state index contributed by atoms with van der Waals surface area (Å²) in [7, 11) is 1.62. The Morgan fingerprint density at radius 3 is 2.77 bits per heavy atom. The third kappa shape index (κ3) is 4.86. The molecular formula is C20H26N2O4. The highest BCUT2D eigenvalue weighted by molar-refractivity contribution is 5.78. The average molecular weight is 358 g/mol. The maximum absolute atomic E-state index is 12.4. The van der Waals surface area contributed by atoms with Gasteiger partial charge in [0.2, 0.25) is 5.91 Å². The van der Waals surface area contributed by atoms with Crippen molar-refractivity contribution in [3.05, 3.63) is 53.5 Å². The second-order valence-corrected chi connectivity index (χ2v) is 6.44. The van der Waals surface area contributed by atoms with Crippen molar-refractivity contribution in [1.29, 1.82) is 0 Å². The molecule has 0 aliphatic carbocycles. The number of benzene rings is 1. The molecule has 1 atom stereocenters. The molecule has 2 aromatic rings. The lowest BCUT2D eigenvalue weighted by Crippen LogP contribution is -2.43. The zero-order valence-corrected chi connectivity index (χ0v) is 15.4. The van der Waals surface area contributed by atoms with Crippen LogP contribution in [0, 0.1) is 6.92 Å². The van der Waals surface area contributed by atoms with Crippen LogP contribution in [0.1, 0.15) is 23.1 Å². The van der Waals surface area contributed by atoms with E-state index >= 15 is 0 Å². The number of carbonyl (C=O) groups is 1. The van der Waals surface area contributed by atoms with Crippen LogP contribution < -0.4 is 10.1 Å². The summed E-state index contributed by atoms with van der Waals surface area (Å²) in [5.41, 5.74) is 0.929. The summed E-state index contributed by atoms with van der Waals surface area (Å²) >= 11 is 0. The topological polar surface area (TPSA) is 63.9 Å². The van der Waals surface area contributed by atoms with Crippen molar-refractivity contribution in [3.63, 3.8) is 0 Å². The highest BCUT2D eigenvalue weighted by Gasteiger charge is 2.25. The first kappa shape index (κ1) is 18.5. The van der Waals surface area contributed by atoms with Crippen LogP contribution in [0.15, 0.2) is 40.8 Å². The Labute approximate surface area is 154 Å². The summed E-state index contributed by atoms with van der Waals surface area (Å²) in [5, 5.41) is 3.05. The number of hydrogen-bond donors (Lipinski definition) is 1. The standard InChI is InChI=1S/C20H26N2O4/c1-15-6-7-19(26-15)18(22-8-10-25-11-9-22)14-21-20(23)13-16-4-3-5-17(12-16)24-2/h3-7,12,18H,8-11,13-14H2,1-2H3,(H,21,23)/t18-/m0/s1. The quantitative estimate of drug-likeness (QED) is 0.823. The third-order valence-corrected chi connectivity index (χ3v) is 4.57. The first-order valence-electron chi connectivity index (χ1n) is 8.93. The second-order valence-electron chi connectivity index (χ2n) is 6.44. The summed E-state index contributed by atoms with van der Waals surface area (Å²) < 4.78 is 16.5. The molecule has 1 fully saturated rings. The molecule has 140 valence electrons. The molecule has 26 heavy (non-hydrogen) atoms. The molecule has 1 saturated heterocycles. The Balaban J connectivity index is 1.62. The predicted octanol–water partition coefficient (Wildman–Crippen LogP) is 2.33. The SMILES string of the molecule is COc1cccc(CC(=O)NC[C@@H](c2ccc(C)o2)N2CCOCC2)c1. The molecule has 0 bridgehead atoms. The lowest BCUT2D eigenvalue weighted by Gasteiger charge is -2.33. The molecule has 1 amide bonds. The fourth-order valence-corrected chi connectivity index (χ4v) is 3.17. The fraction of sp³-hybridized carbons (Fsp3) is 0.450. The molecule has 0 spiro atoms. The summed E-state index contributed by atoms with van der Waals surface area (Å²) in [6.45, 7) is 5.51. The number of hydrogen-bond acceptors (Lipinski definition) is 5. The first-order chi connectivity index (χ1) is 12.7. The number of rotatable bonds is 7. The molecule has 6 heteroatoms. The van der Waals surface area contributed by atoms with Gasteiger partial charge in [-0.15, -0.1) is 0 Å². The molecule has 1 aliphatic rings. The highest BCUT2D eigenvalue weighted by Crippen LogP contribution is 2.23. The van der Waals surface area contributed by atoms with Crippen LogP contribution in [0.2, 0.25) is 0 Å². The van der Waals surface area contributed by atoms with Gasteiger partial charge in [0, 0.05) is 19.6 Å². The summed E-state index contributed by atoms with van der Waals surface area (Å²) in [4.78, 5) is 14.7. The van der Waals surface area contributed by atoms with E-state index in [2.05, 4.69) is 10.2 Å². The maximum Gasteiger partial charge on any atom is 0.224 e. The molecule has 1 aromatic carbocycles. The second kappa shape index (κ2) is 8.87. The number of amides is 1. The van der Waals surface area contributed by atoms with E-state index in [9.17, 15) is 4.79 Å². The first-order valence-corrected chi connectivity index (χ1v) is 8.93. The number of ether oxygens (including phenoxy) is 2. The minimum absolute atomic E-state index is 0.0141. The Bertz CT molecular complexity index is 722. The molecule has 0 radical (unpaired) electrons. The molecular weight excluding hydrogens is 332 g/mol. The zero-order chi connectivity index (χ0) is 18.4. The van der Waals surface area contributed by atoms with E-state index < -0.39 is 0 Å². The van der Waals surface area contributed by atoms with Gasteiger partial charge >= 0.3 is 0 Å². The maximum atomic E-state index is 12.4. The average Bonchev–Trinajstić information content (AvgIpc) is 3.09. The summed E-state index contributed by atoms with van der Waals surface area (Å²) in [6, 6.07) is 11.5. The lowest BCUT2D eigenvalue weighted by molar-refractivity contribution is -0.120. The fourth-order valence-electron chi connectivity index (χ4n) is 3.17. The van der Waals surface area contributed by atoms with E-state index in [1.54, 1.807) is 7.11 Å². The Hall–Kier alpha value is -2.31. The Kier molecular flexibility index (Phi) is 6.30. The number of furan rings is 1. The van der Waals surface area contributed by atoms with E-state index in [0.717, 1.165) is 35.9 Å². The van der Waals surface area contributed by atoms with Crippen LogP contribution in [0.3, 0.4) is 0 Å².